The zero-order chi connectivity index (χ0) is 15.6. The third-order valence-corrected chi connectivity index (χ3v) is 5.35. The van der Waals surface area contributed by atoms with Crippen LogP contribution < -0.4 is 14.8 Å². The SMILES string of the molecule is Cc1cc2c(cc1CN1CCN([C@@H]3CCNC3)CC1)OCCO2. The first kappa shape index (κ1) is 15.2. The molecule has 0 unspecified atom stereocenters. The number of benzene rings is 1. The number of ether oxygens (including phenoxy) is 2. The monoisotopic (exact) mass is 317 g/mol. The quantitative estimate of drug-likeness (QED) is 0.908. The number of fused-ring (bicyclic) bond motifs is 1. The number of hydrogen-bond donors (Lipinski definition) is 1. The van der Waals surface area contributed by atoms with E-state index in [9.17, 15) is 0 Å². The molecule has 1 atom stereocenters. The molecule has 0 aliphatic carbocycles. The lowest BCUT2D eigenvalue weighted by atomic mass is 10.1. The lowest BCUT2D eigenvalue weighted by molar-refractivity contribution is 0.0978. The third kappa shape index (κ3) is 3.32. The first-order valence-corrected chi connectivity index (χ1v) is 8.86. The Morgan fingerprint density at radius 1 is 1.09 bits per heavy atom. The summed E-state index contributed by atoms with van der Waals surface area (Å²) < 4.78 is 11.4. The number of rotatable bonds is 3. The summed E-state index contributed by atoms with van der Waals surface area (Å²) in [4.78, 5) is 5.23. The largest absolute Gasteiger partial charge is 0.486 e. The van der Waals surface area contributed by atoms with Gasteiger partial charge in [-0.25, -0.2) is 0 Å². The maximum Gasteiger partial charge on any atom is 0.161 e. The van der Waals surface area contributed by atoms with Crippen LogP contribution in [0.3, 0.4) is 0 Å². The van der Waals surface area contributed by atoms with E-state index >= 15 is 0 Å². The fraction of sp³-hybridized carbons (Fsp3) is 0.667. The van der Waals surface area contributed by atoms with E-state index < -0.39 is 0 Å². The van der Waals surface area contributed by atoms with Crippen molar-refractivity contribution in [1.82, 2.24) is 15.1 Å². The van der Waals surface area contributed by atoms with Crippen molar-refractivity contribution in [2.45, 2.75) is 25.9 Å². The highest BCUT2D eigenvalue weighted by Gasteiger charge is 2.26. The van der Waals surface area contributed by atoms with Crippen LogP contribution in [0.5, 0.6) is 11.5 Å². The molecule has 1 aromatic carbocycles. The molecule has 0 amide bonds. The Labute approximate surface area is 138 Å². The summed E-state index contributed by atoms with van der Waals surface area (Å²) in [6.45, 7) is 11.5. The molecular weight excluding hydrogens is 290 g/mol. The van der Waals surface area contributed by atoms with Gasteiger partial charge < -0.3 is 14.8 Å². The van der Waals surface area contributed by atoms with Crippen LogP contribution in [0.15, 0.2) is 12.1 Å². The fourth-order valence-electron chi connectivity index (χ4n) is 3.88. The second-order valence-corrected chi connectivity index (χ2v) is 6.88. The van der Waals surface area contributed by atoms with E-state index in [0.717, 1.165) is 37.2 Å². The second-order valence-electron chi connectivity index (χ2n) is 6.88. The lowest BCUT2D eigenvalue weighted by Crippen LogP contribution is -2.50. The van der Waals surface area contributed by atoms with Gasteiger partial charge in [0.1, 0.15) is 13.2 Å². The molecule has 126 valence electrons. The third-order valence-electron chi connectivity index (χ3n) is 5.35. The van der Waals surface area contributed by atoms with Crippen LogP contribution in [-0.2, 0) is 6.54 Å². The zero-order valence-corrected chi connectivity index (χ0v) is 14.0. The standard InChI is InChI=1S/C18H27N3O2/c1-14-10-17-18(23-9-8-22-17)11-15(14)13-20-4-6-21(7-5-20)16-2-3-19-12-16/h10-11,16,19H,2-9,12-13H2,1H3/t16-/m1/s1. The predicted octanol–water partition coefficient (Wildman–Crippen LogP) is 1.25. The number of hydrogen-bond acceptors (Lipinski definition) is 5. The topological polar surface area (TPSA) is 37.0 Å². The maximum atomic E-state index is 5.73. The van der Waals surface area contributed by atoms with Crippen molar-refractivity contribution in [3.05, 3.63) is 23.3 Å². The van der Waals surface area contributed by atoms with E-state index in [-0.39, 0.29) is 0 Å². The summed E-state index contributed by atoms with van der Waals surface area (Å²) >= 11 is 0. The van der Waals surface area contributed by atoms with Crippen LogP contribution in [-0.4, -0.2) is 68.3 Å². The number of nitrogens with one attached hydrogen (secondary N) is 1. The first-order valence-electron chi connectivity index (χ1n) is 8.86. The van der Waals surface area contributed by atoms with Gasteiger partial charge in [-0.1, -0.05) is 0 Å². The van der Waals surface area contributed by atoms with Crippen molar-refractivity contribution >= 4 is 0 Å². The van der Waals surface area contributed by atoms with Gasteiger partial charge in [0, 0.05) is 45.3 Å². The average molecular weight is 317 g/mol. The molecule has 2 saturated heterocycles. The minimum Gasteiger partial charge on any atom is -0.486 e. The van der Waals surface area contributed by atoms with E-state index in [1.54, 1.807) is 0 Å². The normalized spacial score (nSPS) is 25.7. The van der Waals surface area contributed by atoms with Crippen molar-refractivity contribution in [1.29, 1.82) is 0 Å². The molecule has 3 heterocycles. The molecule has 1 N–H and O–H groups in total. The van der Waals surface area contributed by atoms with Gasteiger partial charge in [-0.05, 0) is 43.1 Å². The molecule has 3 aliphatic heterocycles. The molecule has 3 aliphatic rings. The lowest BCUT2D eigenvalue weighted by Gasteiger charge is -2.38. The van der Waals surface area contributed by atoms with Gasteiger partial charge in [-0.3, -0.25) is 9.80 Å². The smallest absolute Gasteiger partial charge is 0.161 e. The summed E-state index contributed by atoms with van der Waals surface area (Å²) in [5.74, 6) is 1.81. The van der Waals surface area contributed by atoms with E-state index in [0.29, 0.717) is 13.2 Å². The van der Waals surface area contributed by atoms with Gasteiger partial charge >= 0.3 is 0 Å². The van der Waals surface area contributed by atoms with Gasteiger partial charge in [0.05, 0.1) is 0 Å². The van der Waals surface area contributed by atoms with Crippen molar-refractivity contribution in [2.24, 2.45) is 0 Å². The van der Waals surface area contributed by atoms with Gasteiger partial charge in [0.15, 0.2) is 11.5 Å². The number of piperazine rings is 1. The Hall–Kier alpha value is -1.30. The molecule has 4 rings (SSSR count). The first-order chi connectivity index (χ1) is 11.3. The van der Waals surface area contributed by atoms with Crippen molar-refractivity contribution in [2.75, 3.05) is 52.5 Å². The molecule has 0 saturated carbocycles. The summed E-state index contributed by atoms with van der Waals surface area (Å²) in [7, 11) is 0. The summed E-state index contributed by atoms with van der Waals surface area (Å²) in [5.41, 5.74) is 2.67. The highest BCUT2D eigenvalue weighted by Crippen LogP contribution is 2.33. The summed E-state index contributed by atoms with van der Waals surface area (Å²) in [5, 5.41) is 3.48. The van der Waals surface area contributed by atoms with Crippen LogP contribution in [0, 0.1) is 6.92 Å². The fourth-order valence-corrected chi connectivity index (χ4v) is 3.88. The molecule has 0 aromatic heterocycles. The molecule has 0 spiro atoms. The molecule has 2 fully saturated rings. The van der Waals surface area contributed by atoms with Crippen molar-refractivity contribution in [3.63, 3.8) is 0 Å². The minimum absolute atomic E-state index is 0.656. The van der Waals surface area contributed by atoms with Crippen LogP contribution in [0.4, 0.5) is 0 Å². The Morgan fingerprint density at radius 2 is 1.83 bits per heavy atom. The predicted molar refractivity (Wildman–Crippen MR) is 90.3 cm³/mol. The van der Waals surface area contributed by atoms with E-state index in [4.69, 9.17) is 9.47 Å². The van der Waals surface area contributed by atoms with E-state index in [2.05, 4.69) is 34.2 Å². The highest BCUT2D eigenvalue weighted by atomic mass is 16.6. The van der Waals surface area contributed by atoms with Gasteiger partial charge in [-0.2, -0.15) is 0 Å². The Bertz CT molecular complexity index is 549. The Kier molecular flexibility index (Phi) is 4.42. The maximum absolute atomic E-state index is 5.73. The van der Waals surface area contributed by atoms with Crippen LogP contribution in [0.2, 0.25) is 0 Å². The van der Waals surface area contributed by atoms with Gasteiger partial charge in [0.25, 0.3) is 0 Å². The zero-order valence-electron chi connectivity index (χ0n) is 14.0. The van der Waals surface area contributed by atoms with Crippen molar-refractivity contribution < 1.29 is 9.47 Å². The number of nitrogens with zero attached hydrogens (tertiary/aromatic N) is 2. The summed E-state index contributed by atoms with van der Waals surface area (Å²) in [6.07, 6.45) is 1.31. The molecule has 0 bridgehead atoms. The Morgan fingerprint density at radius 3 is 2.52 bits per heavy atom. The van der Waals surface area contributed by atoms with Crippen LogP contribution >= 0.6 is 0 Å². The highest BCUT2D eigenvalue weighted by molar-refractivity contribution is 5.47. The van der Waals surface area contributed by atoms with Crippen molar-refractivity contribution in [3.8, 4) is 11.5 Å². The van der Waals surface area contributed by atoms with Gasteiger partial charge in [-0.15, -0.1) is 0 Å². The Balaban J connectivity index is 1.37. The minimum atomic E-state index is 0.656. The average Bonchev–Trinajstić information content (AvgIpc) is 3.11. The molecule has 23 heavy (non-hydrogen) atoms. The molecule has 5 heteroatoms. The molecule has 0 radical (unpaired) electrons. The van der Waals surface area contributed by atoms with Crippen LogP contribution in [0.1, 0.15) is 17.5 Å². The molecule has 5 nitrogen and oxygen atoms in total. The number of aryl methyl sites for hydroxylation is 1. The van der Waals surface area contributed by atoms with E-state index in [1.807, 2.05) is 0 Å². The van der Waals surface area contributed by atoms with E-state index in [1.165, 1.54) is 43.7 Å². The van der Waals surface area contributed by atoms with Gasteiger partial charge in [0.2, 0.25) is 0 Å². The van der Waals surface area contributed by atoms with Crippen LogP contribution in [0.25, 0.3) is 0 Å². The second kappa shape index (κ2) is 6.67. The molecular formula is C18H27N3O2. The molecule has 1 aromatic rings. The summed E-state index contributed by atoms with van der Waals surface area (Å²) in [6, 6.07) is 5.06.